The normalized spacial score (nSPS) is 25.8. The molecule has 2 saturated heterocycles. The highest BCUT2D eigenvalue weighted by Gasteiger charge is 2.35. The van der Waals surface area contributed by atoms with Gasteiger partial charge in [-0.2, -0.15) is 4.98 Å². The largest absolute Gasteiger partial charge is 0.352 e. The number of nitrogens with zero attached hydrogens (tertiary/aromatic N) is 3. The molecule has 1 aromatic heterocycles. The van der Waals surface area contributed by atoms with E-state index in [4.69, 9.17) is 4.52 Å². The molecule has 0 aromatic carbocycles. The van der Waals surface area contributed by atoms with E-state index < -0.39 is 0 Å². The minimum Gasteiger partial charge on any atom is -0.352 e. The van der Waals surface area contributed by atoms with Crippen LogP contribution in [0.5, 0.6) is 0 Å². The van der Waals surface area contributed by atoms with Crippen molar-refractivity contribution < 1.29 is 9.32 Å². The molecule has 2 aliphatic rings. The van der Waals surface area contributed by atoms with Gasteiger partial charge in [0.1, 0.15) is 0 Å². The lowest BCUT2D eigenvalue weighted by Crippen LogP contribution is -2.46. The molecular weight excluding hydrogens is 268 g/mol. The van der Waals surface area contributed by atoms with Crippen LogP contribution in [0, 0.1) is 6.92 Å². The summed E-state index contributed by atoms with van der Waals surface area (Å²) in [5, 5.41) is 6.97. The number of hydrogen-bond donors (Lipinski definition) is 1. The van der Waals surface area contributed by atoms with Gasteiger partial charge in [0.25, 0.3) is 0 Å². The smallest absolute Gasteiger partial charge is 0.226 e. The first-order valence-corrected chi connectivity index (χ1v) is 8.05. The first kappa shape index (κ1) is 14.5. The summed E-state index contributed by atoms with van der Waals surface area (Å²) in [5.74, 6) is 1.43. The lowest BCUT2D eigenvalue weighted by Gasteiger charge is -2.32. The van der Waals surface area contributed by atoms with Gasteiger partial charge in [0, 0.05) is 31.5 Å². The number of hydrogen-bond acceptors (Lipinski definition) is 5. The Morgan fingerprint density at radius 2 is 2.29 bits per heavy atom. The molecule has 0 saturated carbocycles. The predicted molar refractivity (Wildman–Crippen MR) is 77.7 cm³/mol. The van der Waals surface area contributed by atoms with Gasteiger partial charge in [-0.25, -0.2) is 0 Å². The number of carbonyl (C=O) groups excluding carboxylic acids is 1. The van der Waals surface area contributed by atoms with Gasteiger partial charge in [0.05, 0.1) is 0 Å². The molecule has 2 aliphatic heterocycles. The molecule has 0 spiro atoms. The van der Waals surface area contributed by atoms with Crippen LogP contribution >= 0.6 is 0 Å². The molecule has 3 rings (SSSR count). The van der Waals surface area contributed by atoms with Gasteiger partial charge in [-0.05, 0) is 39.2 Å². The summed E-state index contributed by atoms with van der Waals surface area (Å²) in [4.78, 5) is 18.8. The highest BCUT2D eigenvalue weighted by atomic mass is 16.5. The van der Waals surface area contributed by atoms with Crippen molar-refractivity contribution in [1.29, 1.82) is 0 Å². The van der Waals surface area contributed by atoms with Gasteiger partial charge in [-0.1, -0.05) is 11.6 Å². The van der Waals surface area contributed by atoms with E-state index in [0.29, 0.717) is 36.6 Å². The molecule has 0 aliphatic carbocycles. The Morgan fingerprint density at radius 3 is 3.10 bits per heavy atom. The van der Waals surface area contributed by atoms with Crippen LogP contribution in [0.1, 0.15) is 50.2 Å². The fourth-order valence-electron chi connectivity index (χ4n) is 3.54. The zero-order valence-electron chi connectivity index (χ0n) is 12.7. The third-order valence-corrected chi connectivity index (χ3v) is 4.57. The summed E-state index contributed by atoms with van der Waals surface area (Å²) >= 11 is 0. The number of amides is 1. The second-order valence-electron chi connectivity index (χ2n) is 6.15. The standard InChI is InChI=1S/C15H24N4O2/c1-11-16-15(21-18-11)7-4-6-14(20)17-12-8-10-19-9-3-2-5-13(12)19/h12-13H,2-10H2,1H3,(H,17,20)/t12-,13+/m1/s1. The monoisotopic (exact) mass is 292 g/mol. The highest BCUT2D eigenvalue weighted by molar-refractivity contribution is 5.76. The van der Waals surface area contributed by atoms with Crippen LogP contribution in [0.2, 0.25) is 0 Å². The summed E-state index contributed by atoms with van der Waals surface area (Å²) in [6.45, 7) is 4.14. The van der Waals surface area contributed by atoms with E-state index in [1.54, 1.807) is 6.92 Å². The first-order valence-electron chi connectivity index (χ1n) is 8.05. The quantitative estimate of drug-likeness (QED) is 0.889. The zero-order valence-corrected chi connectivity index (χ0v) is 12.7. The van der Waals surface area contributed by atoms with E-state index in [1.807, 2.05) is 0 Å². The second kappa shape index (κ2) is 6.56. The second-order valence-corrected chi connectivity index (χ2v) is 6.15. The molecule has 2 atom stereocenters. The SMILES string of the molecule is Cc1noc(CCCC(=O)N[C@@H]2CCN3CCCC[C@@H]23)n1. The fourth-order valence-corrected chi connectivity index (χ4v) is 3.54. The third-order valence-electron chi connectivity index (χ3n) is 4.57. The minimum absolute atomic E-state index is 0.156. The number of aromatic nitrogens is 2. The Balaban J connectivity index is 1.40. The molecule has 2 fully saturated rings. The maximum absolute atomic E-state index is 12.1. The van der Waals surface area contributed by atoms with Gasteiger partial charge >= 0.3 is 0 Å². The van der Waals surface area contributed by atoms with Crippen molar-refractivity contribution in [2.24, 2.45) is 0 Å². The van der Waals surface area contributed by atoms with E-state index >= 15 is 0 Å². The Morgan fingerprint density at radius 1 is 1.38 bits per heavy atom. The van der Waals surface area contributed by atoms with Crippen LogP contribution in [-0.2, 0) is 11.2 Å². The number of carbonyl (C=O) groups is 1. The molecule has 1 aromatic rings. The van der Waals surface area contributed by atoms with Crippen LogP contribution in [0.3, 0.4) is 0 Å². The molecule has 0 radical (unpaired) electrons. The maximum atomic E-state index is 12.1. The van der Waals surface area contributed by atoms with E-state index in [9.17, 15) is 4.79 Å². The molecule has 1 N–H and O–H groups in total. The fraction of sp³-hybridized carbons (Fsp3) is 0.800. The summed E-state index contributed by atoms with van der Waals surface area (Å²) in [6.07, 6.45) is 6.89. The van der Waals surface area contributed by atoms with Crippen molar-refractivity contribution in [2.75, 3.05) is 13.1 Å². The molecule has 0 unspecified atom stereocenters. The van der Waals surface area contributed by atoms with Gasteiger partial charge in [0.15, 0.2) is 5.82 Å². The van der Waals surface area contributed by atoms with Crippen molar-refractivity contribution in [1.82, 2.24) is 20.4 Å². The van der Waals surface area contributed by atoms with Crippen molar-refractivity contribution >= 4 is 5.91 Å². The van der Waals surface area contributed by atoms with Crippen molar-refractivity contribution in [2.45, 2.75) is 64.0 Å². The minimum atomic E-state index is 0.156. The van der Waals surface area contributed by atoms with Crippen LogP contribution in [-0.4, -0.2) is 46.1 Å². The molecule has 116 valence electrons. The summed E-state index contributed by atoms with van der Waals surface area (Å²) in [7, 11) is 0. The molecule has 1 amide bonds. The lowest BCUT2D eigenvalue weighted by molar-refractivity contribution is -0.122. The molecular formula is C15H24N4O2. The molecule has 6 heteroatoms. The Kier molecular flexibility index (Phi) is 4.53. The number of aryl methyl sites for hydroxylation is 2. The van der Waals surface area contributed by atoms with Gasteiger partial charge < -0.3 is 9.84 Å². The zero-order chi connectivity index (χ0) is 14.7. The number of nitrogens with one attached hydrogen (secondary N) is 1. The first-order chi connectivity index (χ1) is 10.2. The molecule has 3 heterocycles. The Labute approximate surface area is 125 Å². The molecule has 6 nitrogen and oxygen atoms in total. The summed E-state index contributed by atoms with van der Waals surface area (Å²) in [6, 6.07) is 0.921. The molecule has 21 heavy (non-hydrogen) atoms. The van der Waals surface area contributed by atoms with Crippen molar-refractivity contribution in [3.05, 3.63) is 11.7 Å². The Hall–Kier alpha value is -1.43. The van der Waals surface area contributed by atoms with E-state index in [-0.39, 0.29) is 5.91 Å². The van der Waals surface area contributed by atoms with Crippen LogP contribution in [0.25, 0.3) is 0 Å². The van der Waals surface area contributed by atoms with Gasteiger partial charge in [-0.15, -0.1) is 0 Å². The highest BCUT2D eigenvalue weighted by Crippen LogP contribution is 2.27. The van der Waals surface area contributed by atoms with Crippen LogP contribution < -0.4 is 5.32 Å². The average molecular weight is 292 g/mol. The van der Waals surface area contributed by atoms with E-state index in [2.05, 4.69) is 20.4 Å². The number of fused-ring (bicyclic) bond motifs is 1. The van der Waals surface area contributed by atoms with Crippen molar-refractivity contribution in [3.8, 4) is 0 Å². The lowest BCUT2D eigenvalue weighted by atomic mass is 9.99. The third kappa shape index (κ3) is 3.61. The van der Waals surface area contributed by atoms with Crippen LogP contribution in [0.4, 0.5) is 0 Å². The average Bonchev–Trinajstić information content (AvgIpc) is 3.06. The number of rotatable bonds is 5. The summed E-state index contributed by atoms with van der Waals surface area (Å²) in [5.41, 5.74) is 0. The Bertz CT molecular complexity index is 488. The van der Waals surface area contributed by atoms with Gasteiger partial charge in [0.2, 0.25) is 11.8 Å². The number of piperidine rings is 1. The van der Waals surface area contributed by atoms with E-state index in [1.165, 1.54) is 25.8 Å². The molecule has 0 bridgehead atoms. The summed E-state index contributed by atoms with van der Waals surface area (Å²) < 4.78 is 5.05. The topological polar surface area (TPSA) is 71.3 Å². The maximum Gasteiger partial charge on any atom is 0.226 e. The van der Waals surface area contributed by atoms with Crippen LogP contribution in [0.15, 0.2) is 4.52 Å². The van der Waals surface area contributed by atoms with Crippen molar-refractivity contribution in [3.63, 3.8) is 0 Å². The van der Waals surface area contributed by atoms with Gasteiger partial charge in [-0.3, -0.25) is 9.69 Å². The predicted octanol–water partition coefficient (Wildman–Crippen LogP) is 1.44. The van der Waals surface area contributed by atoms with E-state index in [0.717, 1.165) is 19.4 Å².